The zero-order valence-electron chi connectivity index (χ0n) is 12.5. The minimum Gasteiger partial charge on any atom is -0.383 e. The Hall–Kier alpha value is -1.88. The molecule has 5 nitrogen and oxygen atoms in total. The summed E-state index contributed by atoms with van der Waals surface area (Å²) in [5.41, 5.74) is 3.03. The van der Waals surface area contributed by atoms with Gasteiger partial charge < -0.3 is 15.0 Å². The molecule has 0 atom stereocenters. The Morgan fingerprint density at radius 1 is 1.25 bits per heavy atom. The second kappa shape index (κ2) is 7.65. The number of aryl methyl sites for hydroxylation is 2. The number of nitrogens with zero attached hydrogens (tertiary/aromatic N) is 1. The zero-order valence-corrected chi connectivity index (χ0v) is 12.5. The predicted molar refractivity (Wildman–Crippen MR) is 78.7 cm³/mol. The van der Waals surface area contributed by atoms with Crippen molar-refractivity contribution in [2.24, 2.45) is 0 Å². The lowest BCUT2D eigenvalue weighted by Crippen LogP contribution is -2.38. The fourth-order valence-corrected chi connectivity index (χ4v) is 1.74. The first-order chi connectivity index (χ1) is 9.43. The number of amides is 2. The van der Waals surface area contributed by atoms with Gasteiger partial charge in [0, 0.05) is 26.3 Å². The third-order valence-corrected chi connectivity index (χ3v) is 3.14. The van der Waals surface area contributed by atoms with Crippen molar-refractivity contribution in [3.05, 3.63) is 29.3 Å². The Morgan fingerprint density at radius 2 is 1.95 bits per heavy atom. The Labute approximate surface area is 119 Å². The van der Waals surface area contributed by atoms with E-state index in [-0.39, 0.29) is 18.4 Å². The summed E-state index contributed by atoms with van der Waals surface area (Å²) < 4.78 is 4.93. The third-order valence-electron chi connectivity index (χ3n) is 3.14. The molecule has 0 saturated carbocycles. The van der Waals surface area contributed by atoms with Crippen LogP contribution in [0.2, 0.25) is 0 Å². The molecule has 0 aromatic heterocycles. The van der Waals surface area contributed by atoms with Gasteiger partial charge in [-0.25, -0.2) is 0 Å². The first-order valence-corrected chi connectivity index (χ1v) is 6.55. The topological polar surface area (TPSA) is 58.6 Å². The number of hydrogen-bond acceptors (Lipinski definition) is 3. The van der Waals surface area contributed by atoms with Gasteiger partial charge in [0.15, 0.2) is 0 Å². The molecule has 0 spiro atoms. The molecule has 5 heteroatoms. The molecule has 1 aromatic carbocycles. The van der Waals surface area contributed by atoms with Crippen LogP contribution in [0.1, 0.15) is 18.1 Å². The maximum absolute atomic E-state index is 11.9. The maximum atomic E-state index is 11.9. The fourth-order valence-electron chi connectivity index (χ4n) is 1.74. The summed E-state index contributed by atoms with van der Waals surface area (Å²) in [6.07, 6.45) is 0. The van der Waals surface area contributed by atoms with E-state index in [4.69, 9.17) is 4.74 Å². The first kappa shape index (κ1) is 16.2. The molecule has 0 aliphatic rings. The van der Waals surface area contributed by atoms with Crippen LogP contribution < -0.4 is 5.32 Å². The summed E-state index contributed by atoms with van der Waals surface area (Å²) >= 11 is 0. The number of ether oxygens (including phenoxy) is 1. The largest absolute Gasteiger partial charge is 0.383 e. The third kappa shape index (κ3) is 5.01. The van der Waals surface area contributed by atoms with Crippen molar-refractivity contribution in [3.8, 4) is 0 Å². The van der Waals surface area contributed by atoms with Gasteiger partial charge in [-0.15, -0.1) is 0 Å². The number of carbonyl (C=O) groups is 2. The van der Waals surface area contributed by atoms with Crippen molar-refractivity contribution in [1.29, 1.82) is 0 Å². The summed E-state index contributed by atoms with van der Waals surface area (Å²) in [6, 6.07) is 5.73. The highest BCUT2D eigenvalue weighted by atomic mass is 16.5. The summed E-state index contributed by atoms with van der Waals surface area (Å²) in [4.78, 5) is 24.8. The maximum Gasteiger partial charge on any atom is 0.243 e. The van der Waals surface area contributed by atoms with Crippen molar-refractivity contribution in [2.45, 2.75) is 20.8 Å². The minimum absolute atomic E-state index is 0.0334. The molecule has 0 bridgehead atoms. The number of hydrogen-bond donors (Lipinski definition) is 1. The smallest absolute Gasteiger partial charge is 0.243 e. The molecule has 2 amide bonds. The number of carbonyl (C=O) groups excluding carboxylic acids is 2. The second-order valence-corrected chi connectivity index (χ2v) is 4.78. The molecular weight excluding hydrogens is 256 g/mol. The molecule has 0 heterocycles. The van der Waals surface area contributed by atoms with E-state index in [9.17, 15) is 9.59 Å². The van der Waals surface area contributed by atoms with Crippen LogP contribution in [-0.2, 0) is 14.3 Å². The SMILES string of the molecule is COCCN(CC(=O)Nc1ccc(C)c(C)c1)C(C)=O. The Morgan fingerprint density at radius 3 is 2.50 bits per heavy atom. The number of methoxy groups -OCH3 is 1. The van der Waals surface area contributed by atoms with Gasteiger partial charge in [0.1, 0.15) is 0 Å². The van der Waals surface area contributed by atoms with Crippen molar-refractivity contribution >= 4 is 17.5 Å². The van der Waals surface area contributed by atoms with E-state index in [1.165, 1.54) is 17.4 Å². The molecule has 0 saturated heterocycles. The molecule has 20 heavy (non-hydrogen) atoms. The Kier molecular flexibility index (Phi) is 6.18. The molecular formula is C15H22N2O3. The second-order valence-electron chi connectivity index (χ2n) is 4.78. The molecule has 0 aliphatic heterocycles. The highest BCUT2D eigenvalue weighted by Gasteiger charge is 2.13. The van der Waals surface area contributed by atoms with E-state index in [1.54, 1.807) is 7.11 Å². The van der Waals surface area contributed by atoms with Crippen LogP contribution in [0.4, 0.5) is 5.69 Å². The van der Waals surface area contributed by atoms with Crippen molar-refractivity contribution in [3.63, 3.8) is 0 Å². The van der Waals surface area contributed by atoms with E-state index in [1.807, 2.05) is 32.0 Å². The summed E-state index contributed by atoms with van der Waals surface area (Å²) in [7, 11) is 1.56. The van der Waals surface area contributed by atoms with Crippen molar-refractivity contribution in [1.82, 2.24) is 4.90 Å². The summed E-state index contributed by atoms with van der Waals surface area (Å²) in [5, 5.41) is 2.80. The highest BCUT2D eigenvalue weighted by Crippen LogP contribution is 2.14. The molecule has 0 aliphatic carbocycles. The van der Waals surface area contributed by atoms with Crippen molar-refractivity contribution in [2.75, 3.05) is 32.1 Å². The van der Waals surface area contributed by atoms with Crippen LogP contribution in [0.15, 0.2) is 18.2 Å². The summed E-state index contributed by atoms with van der Waals surface area (Å²) in [5.74, 6) is -0.350. The van der Waals surface area contributed by atoms with Gasteiger partial charge in [-0.2, -0.15) is 0 Å². The molecule has 1 aromatic rings. The molecule has 1 N–H and O–H groups in total. The van der Waals surface area contributed by atoms with Crippen LogP contribution >= 0.6 is 0 Å². The Balaban J connectivity index is 2.60. The van der Waals surface area contributed by atoms with Crippen LogP contribution in [0.3, 0.4) is 0 Å². The number of anilines is 1. The van der Waals surface area contributed by atoms with E-state index in [0.29, 0.717) is 13.2 Å². The molecule has 0 unspecified atom stereocenters. The quantitative estimate of drug-likeness (QED) is 0.862. The van der Waals surface area contributed by atoms with Crippen LogP contribution in [0.25, 0.3) is 0 Å². The van der Waals surface area contributed by atoms with Crippen molar-refractivity contribution < 1.29 is 14.3 Å². The van der Waals surface area contributed by atoms with Gasteiger partial charge in [0.05, 0.1) is 13.2 Å². The first-order valence-electron chi connectivity index (χ1n) is 6.55. The highest BCUT2D eigenvalue weighted by molar-refractivity contribution is 5.94. The van der Waals surface area contributed by atoms with Gasteiger partial charge in [0.2, 0.25) is 11.8 Å². The monoisotopic (exact) mass is 278 g/mol. The fraction of sp³-hybridized carbons (Fsp3) is 0.467. The number of rotatable bonds is 6. The average Bonchev–Trinajstić information content (AvgIpc) is 2.38. The van der Waals surface area contributed by atoms with E-state index in [0.717, 1.165) is 11.3 Å². The molecule has 1 rings (SSSR count). The van der Waals surface area contributed by atoms with Gasteiger partial charge >= 0.3 is 0 Å². The van der Waals surface area contributed by atoms with Crippen LogP contribution in [-0.4, -0.2) is 43.5 Å². The lowest BCUT2D eigenvalue weighted by Gasteiger charge is -2.20. The average molecular weight is 278 g/mol. The van der Waals surface area contributed by atoms with Gasteiger partial charge in [-0.3, -0.25) is 9.59 Å². The van der Waals surface area contributed by atoms with Gasteiger partial charge in [-0.05, 0) is 37.1 Å². The number of benzene rings is 1. The van der Waals surface area contributed by atoms with E-state index >= 15 is 0 Å². The molecule has 110 valence electrons. The summed E-state index contributed by atoms with van der Waals surface area (Å²) in [6.45, 7) is 6.31. The minimum atomic E-state index is -0.209. The molecule has 0 radical (unpaired) electrons. The van der Waals surface area contributed by atoms with Crippen LogP contribution in [0.5, 0.6) is 0 Å². The van der Waals surface area contributed by atoms with Gasteiger partial charge in [-0.1, -0.05) is 6.07 Å². The Bertz CT molecular complexity index is 486. The van der Waals surface area contributed by atoms with E-state index in [2.05, 4.69) is 5.32 Å². The number of nitrogens with one attached hydrogen (secondary N) is 1. The van der Waals surface area contributed by atoms with Gasteiger partial charge in [0.25, 0.3) is 0 Å². The predicted octanol–water partition coefficient (Wildman–Crippen LogP) is 1.74. The normalized spacial score (nSPS) is 10.2. The standard InChI is InChI=1S/C15H22N2O3/c1-11-5-6-14(9-12(11)2)16-15(19)10-17(13(3)18)7-8-20-4/h5-6,9H,7-8,10H2,1-4H3,(H,16,19). The lowest BCUT2D eigenvalue weighted by atomic mass is 10.1. The van der Waals surface area contributed by atoms with E-state index < -0.39 is 0 Å². The molecule has 0 fully saturated rings. The zero-order chi connectivity index (χ0) is 15.1. The lowest BCUT2D eigenvalue weighted by molar-refractivity contribution is -0.133. The van der Waals surface area contributed by atoms with Crippen LogP contribution in [0, 0.1) is 13.8 Å².